The molecule has 1 aromatic rings. The van der Waals surface area contributed by atoms with Crippen molar-refractivity contribution in [2.75, 3.05) is 18.6 Å². The Hall–Kier alpha value is -1.27. The van der Waals surface area contributed by atoms with Gasteiger partial charge in [-0.05, 0) is 19.2 Å². The number of amides is 2. The largest absolute Gasteiger partial charge is 0.387 e. The van der Waals surface area contributed by atoms with Crippen molar-refractivity contribution in [1.29, 1.82) is 0 Å². The minimum absolute atomic E-state index is 0.114. The van der Waals surface area contributed by atoms with Gasteiger partial charge >= 0.3 is 6.03 Å². The fourth-order valence-corrected chi connectivity index (χ4v) is 2.24. The maximum Gasteiger partial charge on any atom is 0.315 e. The van der Waals surface area contributed by atoms with Gasteiger partial charge in [0.1, 0.15) is 5.82 Å². The molecule has 2 amide bonds. The van der Waals surface area contributed by atoms with E-state index in [-0.39, 0.29) is 18.9 Å². The first-order valence-electron chi connectivity index (χ1n) is 5.91. The Morgan fingerprint density at radius 3 is 2.74 bits per heavy atom. The van der Waals surface area contributed by atoms with Crippen LogP contribution in [0.3, 0.4) is 0 Å². The Balaban J connectivity index is 2.35. The highest BCUT2D eigenvalue weighted by Crippen LogP contribution is 2.09. The van der Waals surface area contributed by atoms with Gasteiger partial charge in [0.2, 0.25) is 0 Å². The van der Waals surface area contributed by atoms with Gasteiger partial charge < -0.3 is 15.7 Å². The maximum absolute atomic E-state index is 13.3. The molecule has 1 unspecified atom stereocenters. The Morgan fingerprint density at radius 2 is 2.11 bits per heavy atom. The minimum atomic E-state index is -0.950. The second kappa shape index (κ2) is 7.35. The summed E-state index contributed by atoms with van der Waals surface area (Å²) in [6, 6.07) is 5.84. The van der Waals surface area contributed by atoms with Gasteiger partial charge in [0, 0.05) is 24.4 Å². The fraction of sp³-hybridized carbons (Fsp3) is 0.462. The van der Waals surface area contributed by atoms with E-state index < -0.39 is 11.6 Å². The molecule has 0 aliphatic rings. The molecular formula is C13H19FN2O2S. The molecule has 106 valence electrons. The summed E-state index contributed by atoms with van der Waals surface area (Å²) in [6.07, 6.45) is 1.88. The summed E-state index contributed by atoms with van der Waals surface area (Å²) in [7, 11) is 0. The van der Waals surface area contributed by atoms with Crippen LogP contribution in [0, 0.1) is 5.82 Å². The molecule has 0 saturated carbocycles. The minimum Gasteiger partial charge on any atom is -0.387 e. The summed E-state index contributed by atoms with van der Waals surface area (Å²) < 4.78 is 13.3. The molecule has 4 nitrogen and oxygen atoms in total. The van der Waals surface area contributed by atoms with Gasteiger partial charge in [-0.3, -0.25) is 0 Å². The number of hydrogen-bond acceptors (Lipinski definition) is 3. The van der Waals surface area contributed by atoms with Gasteiger partial charge in [-0.25, -0.2) is 9.18 Å². The van der Waals surface area contributed by atoms with E-state index in [4.69, 9.17) is 0 Å². The Kier molecular flexibility index (Phi) is 6.11. The van der Waals surface area contributed by atoms with Crippen molar-refractivity contribution in [1.82, 2.24) is 10.6 Å². The van der Waals surface area contributed by atoms with Crippen molar-refractivity contribution in [3.63, 3.8) is 0 Å². The second-order valence-electron chi connectivity index (χ2n) is 4.56. The van der Waals surface area contributed by atoms with Crippen molar-refractivity contribution < 1.29 is 14.3 Å². The van der Waals surface area contributed by atoms with Gasteiger partial charge in [-0.15, -0.1) is 0 Å². The summed E-state index contributed by atoms with van der Waals surface area (Å²) in [5, 5.41) is 15.0. The van der Waals surface area contributed by atoms with Crippen molar-refractivity contribution in [3.05, 3.63) is 35.6 Å². The standard InChI is InChI=1S/C13H19FN2O2S/c1-13(18,9-19-2)8-16-12(17)15-7-10-5-3-4-6-11(10)14/h3-6,18H,7-9H2,1-2H3,(H2,15,16,17). The SMILES string of the molecule is CSCC(C)(O)CNC(=O)NCc1ccccc1F. The van der Waals surface area contributed by atoms with Crippen LogP contribution in [-0.2, 0) is 6.54 Å². The molecule has 1 atom stereocenters. The molecule has 0 spiro atoms. The highest BCUT2D eigenvalue weighted by atomic mass is 32.2. The Labute approximate surface area is 116 Å². The number of carbonyl (C=O) groups is 1. The normalized spacial score (nSPS) is 13.7. The van der Waals surface area contributed by atoms with Crippen LogP contribution in [0.4, 0.5) is 9.18 Å². The van der Waals surface area contributed by atoms with Crippen LogP contribution in [0.15, 0.2) is 24.3 Å². The van der Waals surface area contributed by atoms with Crippen molar-refractivity contribution >= 4 is 17.8 Å². The van der Waals surface area contributed by atoms with Gasteiger partial charge in [-0.1, -0.05) is 18.2 Å². The third-order valence-electron chi connectivity index (χ3n) is 2.48. The molecule has 1 rings (SSSR count). The number of hydrogen-bond donors (Lipinski definition) is 3. The average Bonchev–Trinajstić information content (AvgIpc) is 2.35. The molecule has 0 aromatic heterocycles. The van der Waals surface area contributed by atoms with Crippen LogP contribution in [0.5, 0.6) is 0 Å². The molecule has 0 aliphatic carbocycles. The van der Waals surface area contributed by atoms with Crippen LogP contribution in [0.1, 0.15) is 12.5 Å². The summed E-state index contributed by atoms with van der Waals surface area (Å²) in [5.41, 5.74) is -0.525. The van der Waals surface area contributed by atoms with E-state index in [9.17, 15) is 14.3 Å². The quantitative estimate of drug-likeness (QED) is 0.746. The number of halogens is 1. The number of thioether (sulfide) groups is 1. The molecule has 0 heterocycles. The van der Waals surface area contributed by atoms with E-state index in [2.05, 4.69) is 10.6 Å². The van der Waals surface area contributed by atoms with Crippen molar-refractivity contribution in [2.45, 2.75) is 19.1 Å². The van der Waals surface area contributed by atoms with E-state index >= 15 is 0 Å². The maximum atomic E-state index is 13.3. The van der Waals surface area contributed by atoms with E-state index in [1.54, 1.807) is 25.1 Å². The first kappa shape index (κ1) is 15.8. The topological polar surface area (TPSA) is 61.4 Å². The summed E-state index contributed by atoms with van der Waals surface area (Å²) in [4.78, 5) is 11.5. The lowest BCUT2D eigenvalue weighted by molar-refractivity contribution is 0.0869. The number of carbonyl (C=O) groups excluding carboxylic acids is 1. The molecule has 1 aromatic carbocycles. The molecule has 0 bridgehead atoms. The molecule has 0 saturated heterocycles. The lowest BCUT2D eigenvalue weighted by atomic mass is 10.1. The molecular weight excluding hydrogens is 267 g/mol. The van der Waals surface area contributed by atoms with Crippen molar-refractivity contribution in [3.8, 4) is 0 Å². The number of rotatable bonds is 6. The number of benzene rings is 1. The smallest absolute Gasteiger partial charge is 0.315 e. The summed E-state index contributed by atoms with van der Waals surface area (Å²) in [5.74, 6) is 0.179. The predicted octanol–water partition coefficient (Wildman–Crippen LogP) is 1.74. The lowest BCUT2D eigenvalue weighted by Crippen LogP contribution is -2.46. The molecule has 3 N–H and O–H groups in total. The van der Waals surface area contributed by atoms with Crippen LogP contribution < -0.4 is 10.6 Å². The second-order valence-corrected chi connectivity index (χ2v) is 5.42. The summed E-state index contributed by atoms with van der Waals surface area (Å²) in [6.45, 7) is 1.92. The van der Waals surface area contributed by atoms with E-state index in [0.717, 1.165) is 0 Å². The van der Waals surface area contributed by atoms with Gasteiger partial charge in [0.05, 0.1) is 5.60 Å². The zero-order valence-corrected chi connectivity index (χ0v) is 11.9. The van der Waals surface area contributed by atoms with Crippen molar-refractivity contribution in [2.24, 2.45) is 0 Å². The first-order valence-corrected chi connectivity index (χ1v) is 7.30. The van der Waals surface area contributed by atoms with Crippen LogP contribution in [0.25, 0.3) is 0 Å². The average molecular weight is 286 g/mol. The van der Waals surface area contributed by atoms with E-state index in [1.807, 2.05) is 6.26 Å². The molecule has 19 heavy (non-hydrogen) atoms. The lowest BCUT2D eigenvalue weighted by Gasteiger charge is -2.22. The molecule has 0 radical (unpaired) electrons. The van der Waals surface area contributed by atoms with Crippen LogP contribution >= 0.6 is 11.8 Å². The number of nitrogens with one attached hydrogen (secondary N) is 2. The Bertz CT molecular complexity index is 427. The highest BCUT2D eigenvalue weighted by molar-refractivity contribution is 7.98. The van der Waals surface area contributed by atoms with Crippen LogP contribution in [-0.4, -0.2) is 35.3 Å². The van der Waals surface area contributed by atoms with Crippen LogP contribution in [0.2, 0.25) is 0 Å². The van der Waals surface area contributed by atoms with E-state index in [0.29, 0.717) is 11.3 Å². The highest BCUT2D eigenvalue weighted by Gasteiger charge is 2.20. The van der Waals surface area contributed by atoms with Gasteiger partial charge in [-0.2, -0.15) is 11.8 Å². The predicted molar refractivity (Wildman–Crippen MR) is 75.6 cm³/mol. The Morgan fingerprint density at radius 1 is 1.42 bits per heavy atom. The fourth-order valence-electron chi connectivity index (χ4n) is 1.51. The number of urea groups is 1. The summed E-state index contributed by atoms with van der Waals surface area (Å²) >= 11 is 1.50. The van der Waals surface area contributed by atoms with Gasteiger partial charge in [0.25, 0.3) is 0 Å². The van der Waals surface area contributed by atoms with Gasteiger partial charge in [0.15, 0.2) is 0 Å². The molecule has 0 aliphatic heterocycles. The monoisotopic (exact) mass is 286 g/mol. The zero-order valence-electron chi connectivity index (χ0n) is 11.1. The molecule has 0 fully saturated rings. The van der Waals surface area contributed by atoms with E-state index in [1.165, 1.54) is 17.8 Å². The zero-order chi connectivity index (χ0) is 14.3. The third kappa shape index (κ3) is 5.94. The molecule has 6 heteroatoms. The third-order valence-corrected chi connectivity index (χ3v) is 3.39. The first-order chi connectivity index (χ1) is 8.94. The number of aliphatic hydroxyl groups is 1.